The summed E-state index contributed by atoms with van der Waals surface area (Å²) < 4.78 is 0. The van der Waals surface area contributed by atoms with Gasteiger partial charge in [0.2, 0.25) is 0 Å². The molecule has 0 saturated heterocycles. The molecule has 2 aliphatic rings. The quantitative estimate of drug-likeness (QED) is 0.218. The molecule has 0 bridgehead atoms. The number of allylic oxidation sites excluding steroid dienone is 1. The van der Waals surface area contributed by atoms with Crippen molar-refractivity contribution in [2.75, 3.05) is 0 Å². The van der Waals surface area contributed by atoms with Gasteiger partial charge in [-0.15, -0.1) is 0 Å². The average molecular weight is 514 g/mol. The summed E-state index contributed by atoms with van der Waals surface area (Å²) >= 11 is 0. The third kappa shape index (κ3) is 3.98. The highest BCUT2D eigenvalue weighted by atomic mass is 14.3. The van der Waals surface area contributed by atoms with Gasteiger partial charge < -0.3 is 0 Å². The number of aryl methyl sites for hydroxylation is 2. The summed E-state index contributed by atoms with van der Waals surface area (Å²) in [6.07, 6.45) is 10.6. The van der Waals surface area contributed by atoms with Crippen molar-refractivity contribution in [1.82, 2.24) is 0 Å². The van der Waals surface area contributed by atoms with E-state index in [1.807, 2.05) is 0 Å². The number of hydrogen-bond acceptors (Lipinski definition) is 0. The van der Waals surface area contributed by atoms with Crippen LogP contribution in [-0.2, 0) is 12.8 Å². The molecular weight excluding hydrogens is 480 g/mol. The molecule has 1 unspecified atom stereocenters. The molecule has 193 valence electrons. The average Bonchev–Trinajstić information content (AvgIpc) is 3.58. The van der Waals surface area contributed by atoms with Crippen LogP contribution in [0.15, 0.2) is 109 Å². The molecule has 0 heteroatoms. The Morgan fingerprint density at radius 2 is 1.45 bits per heavy atom. The van der Waals surface area contributed by atoms with E-state index in [0.717, 1.165) is 12.8 Å². The Morgan fingerprint density at radius 1 is 0.725 bits per heavy atom. The maximum atomic E-state index is 3.92. The zero-order chi connectivity index (χ0) is 27.2. The zero-order valence-electron chi connectivity index (χ0n) is 23.5. The molecule has 0 amide bonds. The van der Waals surface area contributed by atoms with Gasteiger partial charge in [0.1, 0.15) is 0 Å². The number of fused-ring (bicyclic) bond motifs is 4. The monoisotopic (exact) mass is 513 g/mol. The molecule has 0 nitrogen and oxygen atoms in total. The van der Waals surface area contributed by atoms with Crippen LogP contribution in [0.4, 0.5) is 0 Å². The van der Waals surface area contributed by atoms with Crippen molar-refractivity contribution in [3.8, 4) is 11.1 Å². The van der Waals surface area contributed by atoms with E-state index in [9.17, 15) is 0 Å². The summed E-state index contributed by atoms with van der Waals surface area (Å²) in [6.45, 7) is 6.72. The van der Waals surface area contributed by atoms with E-state index < -0.39 is 0 Å². The van der Waals surface area contributed by atoms with Gasteiger partial charge in [-0.05, 0) is 104 Å². The number of hydrogen-bond donors (Lipinski definition) is 0. The van der Waals surface area contributed by atoms with E-state index in [2.05, 4.69) is 142 Å². The lowest BCUT2D eigenvalue weighted by atomic mass is 9.82. The second kappa shape index (κ2) is 9.96. The molecule has 0 N–H and O–H groups in total. The Balaban J connectivity index is 1.64. The van der Waals surface area contributed by atoms with Gasteiger partial charge in [0.15, 0.2) is 0 Å². The summed E-state index contributed by atoms with van der Waals surface area (Å²) in [7, 11) is 0. The van der Waals surface area contributed by atoms with Crippen LogP contribution in [0, 0.1) is 6.92 Å². The Hall–Kier alpha value is -4.42. The van der Waals surface area contributed by atoms with Gasteiger partial charge in [0.05, 0.1) is 0 Å². The minimum atomic E-state index is 0.208. The van der Waals surface area contributed by atoms with Gasteiger partial charge >= 0.3 is 0 Å². The van der Waals surface area contributed by atoms with Gasteiger partial charge in [-0.1, -0.05) is 129 Å². The Kier molecular flexibility index (Phi) is 6.13. The van der Waals surface area contributed by atoms with Crippen LogP contribution in [0.25, 0.3) is 28.9 Å². The van der Waals surface area contributed by atoms with E-state index in [4.69, 9.17) is 0 Å². The molecule has 0 heterocycles. The second-order valence-electron chi connectivity index (χ2n) is 11.0. The van der Waals surface area contributed by atoms with Gasteiger partial charge in [-0.2, -0.15) is 0 Å². The van der Waals surface area contributed by atoms with Crippen LogP contribution < -0.4 is 10.4 Å². The molecule has 5 aromatic carbocycles. The summed E-state index contributed by atoms with van der Waals surface area (Å²) in [6, 6.07) is 38.2. The van der Waals surface area contributed by atoms with Crippen LogP contribution in [0.3, 0.4) is 0 Å². The van der Waals surface area contributed by atoms with Gasteiger partial charge in [-0.3, -0.25) is 0 Å². The fraction of sp³-hybridized carbons (Fsp3) is 0.150. The van der Waals surface area contributed by atoms with Crippen LogP contribution in [0.1, 0.15) is 69.8 Å². The van der Waals surface area contributed by atoms with E-state index in [-0.39, 0.29) is 5.92 Å². The zero-order valence-corrected chi connectivity index (χ0v) is 23.5. The molecule has 40 heavy (non-hydrogen) atoms. The van der Waals surface area contributed by atoms with Crippen LogP contribution in [-0.4, -0.2) is 0 Å². The lowest BCUT2D eigenvalue weighted by Gasteiger charge is -2.21. The highest BCUT2D eigenvalue weighted by Gasteiger charge is 2.27. The smallest absolute Gasteiger partial charge is 0.0288 e. The molecule has 0 spiro atoms. The molecule has 0 fully saturated rings. The van der Waals surface area contributed by atoms with Crippen molar-refractivity contribution in [2.24, 2.45) is 0 Å². The molecule has 0 aromatic heterocycles. The lowest BCUT2D eigenvalue weighted by Crippen LogP contribution is -2.27. The predicted molar refractivity (Wildman–Crippen MR) is 169 cm³/mol. The van der Waals surface area contributed by atoms with E-state index in [0.29, 0.717) is 0 Å². The Labute approximate surface area is 237 Å². The summed E-state index contributed by atoms with van der Waals surface area (Å²) in [4.78, 5) is 0. The van der Waals surface area contributed by atoms with Crippen molar-refractivity contribution in [3.63, 3.8) is 0 Å². The van der Waals surface area contributed by atoms with Crippen molar-refractivity contribution in [3.05, 3.63) is 170 Å². The first-order valence-electron chi connectivity index (χ1n) is 14.5. The maximum Gasteiger partial charge on any atom is 0.0288 e. The summed E-state index contributed by atoms with van der Waals surface area (Å²) in [5.41, 5.74) is 15.8. The third-order valence-electron chi connectivity index (χ3n) is 8.62. The normalized spacial score (nSPS) is 14.4. The molecule has 2 aliphatic carbocycles. The molecule has 1 atom stereocenters. The number of benzene rings is 5. The fourth-order valence-electron chi connectivity index (χ4n) is 6.69. The first-order valence-corrected chi connectivity index (χ1v) is 14.5. The molecule has 0 aliphatic heterocycles. The van der Waals surface area contributed by atoms with Crippen molar-refractivity contribution in [1.29, 1.82) is 0 Å². The SMILES string of the molecule is CCc1ccc2c(c1)[C]=c1c-2cc(=C(c2ccccc2)c2ccccc2)c(CC)c1C1C=Cc2cc(C)ccc21. The fourth-order valence-corrected chi connectivity index (χ4v) is 6.69. The van der Waals surface area contributed by atoms with E-state index >= 15 is 0 Å². The van der Waals surface area contributed by atoms with Crippen molar-refractivity contribution < 1.29 is 0 Å². The standard InChI is InChI=1S/C40H33/c1-4-27-17-20-34-31(23-27)24-37-36(34)25-38(39(28-12-8-6-9-13-28)29-14-10-7-11-15-29)32(5-2)40(37)35-21-18-30-22-26(3)16-19-33(30)35/h6-23,25,35H,4-5H2,1-3H3. The topological polar surface area (TPSA) is 0 Å². The first-order chi connectivity index (χ1) is 19.7. The highest BCUT2D eigenvalue weighted by Crippen LogP contribution is 2.38. The van der Waals surface area contributed by atoms with Gasteiger partial charge in [0.25, 0.3) is 0 Å². The minimum absolute atomic E-state index is 0.208. The second-order valence-corrected chi connectivity index (χ2v) is 11.0. The van der Waals surface area contributed by atoms with Crippen LogP contribution >= 0.6 is 0 Å². The first kappa shape index (κ1) is 24.6. The van der Waals surface area contributed by atoms with Gasteiger partial charge in [0, 0.05) is 5.92 Å². The maximum absolute atomic E-state index is 3.92. The molecule has 1 radical (unpaired) electrons. The summed E-state index contributed by atoms with van der Waals surface area (Å²) in [5.74, 6) is 0.208. The highest BCUT2D eigenvalue weighted by molar-refractivity contribution is 5.88. The lowest BCUT2D eigenvalue weighted by molar-refractivity contribution is 0.967. The minimum Gasteiger partial charge on any atom is -0.0720 e. The predicted octanol–water partition coefficient (Wildman–Crippen LogP) is 8.21. The Morgan fingerprint density at radius 3 is 2.12 bits per heavy atom. The van der Waals surface area contributed by atoms with Crippen LogP contribution in [0.5, 0.6) is 0 Å². The van der Waals surface area contributed by atoms with E-state index in [1.54, 1.807) is 0 Å². The third-order valence-corrected chi connectivity index (χ3v) is 8.62. The largest absolute Gasteiger partial charge is 0.0720 e. The van der Waals surface area contributed by atoms with E-state index in [1.165, 1.54) is 77.2 Å². The summed E-state index contributed by atoms with van der Waals surface area (Å²) in [5, 5.41) is 2.60. The Bertz CT molecular complexity index is 1860. The van der Waals surface area contributed by atoms with Crippen LogP contribution in [0.2, 0.25) is 0 Å². The van der Waals surface area contributed by atoms with Crippen molar-refractivity contribution in [2.45, 2.75) is 39.5 Å². The molecule has 0 saturated carbocycles. The van der Waals surface area contributed by atoms with Gasteiger partial charge in [-0.25, -0.2) is 0 Å². The van der Waals surface area contributed by atoms with Crippen molar-refractivity contribution >= 4 is 17.7 Å². The molecule has 7 rings (SSSR count). The molecular formula is C40H33. The molecule has 5 aromatic rings. The number of rotatable bonds is 5.